The van der Waals surface area contributed by atoms with Crippen LogP contribution in [0.2, 0.25) is 0 Å². The Morgan fingerprint density at radius 2 is 1.58 bits per heavy atom. The second-order valence-electron chi connectivity index (χ2n) is 8.17. The highest BCUT2D eigenvalue weighted by molar-refractivity contribution is 5.82. The molecule has 0 bridgehead atoms. The van der Waals surface area contributed by atoms with E-state index in [0.29, 0.717) is 0 Å². The van der Waals surface area contributed by atoms with Gasteiger partial charge in [-0.25, -0.2) is 4.79 Å². The van der Waals surface area contributed by atoms with Gasteiger partial charge < -0.3 is 20.1 Å². The first-order valence-electron chi connectivity index (χ1n) is 10.3. The fourth-order valence-corrected chi connectivity index (χ4v) is 3.88. The number of nitrogens with one attached hydrogen (secondary N) is 1. The molecule has 0 fully saturated rings. The molecule has 0 saturated heterocycles. The van der Waals surface area contributed by atoms with Crippen LogP contribution in [-0.4, -0.2) is 54.2 Å². The van der Waals surface area contributed by atoms with Crippen LogP contribution in [0.5, 0.6) is 0 Å². The lowest BCUT2D eigenvalue weighted by Crippen LogP contribution is -2.44. The number of rotatable bonds is 8. The van der Waals surface area contributed by atoms with Crippen LogP contribution < -0.4 is 5.32 Å². The van der Waals surface area contributed by atoms with E-state index in [1.807, 2.05) is 38.1 Å². The summed E-state index contributed by atoms with van der Waals surface area (Å²) in [6.07, 6.45) is -0.583. The molecule has 2 N–H and O–H groups in total. The maximum atomic E-state index is 12.5. The molecule has 2 amide bonds. The van der Waals surface area contributed by atoms with Gasteiger partial charge in [-0.05, 0) is 28.2 Å². The van der Waals surface area contributed by atoms with Crippen molar-refractivity contribution in [3.63, 3.8) is 0 Å². The number of hydrogen-bond donors (Lipinski definition) is 2. The van der Waals surface area contributed by atoms with Crippen molar-refractivity contribution < 1.29 is 24.2 Å². The number of fused-ring (bicyclic) bond motifs is 3. The van der Waals surface area contributed by atoms with Crippen molar-refractivity contribution in [2.75, 3.05) is 20.2 Å². The van der Waals surface area contributed by atoms with Crippen molar-refractivity contribution in [2.24, 2.45) is 5.92 Å². The Morgan fingerprint density at radius 3 is 2.10 bits per heavy atom. The minimum atomic E-state index is -1.08. The number of likely N-dealkylation sites (N-methyl/N-ethyl adjacent to an activating group) is 1. The summed E-state index contributed by atoms with van der Waals surface area (Å²) in [5.41, 5.74) is 4.56. The van der Waals surface area contributed by atoms with Crippen LogP contribution in [0.4, 0.5) is 4.79 Å². The van der Waals surface area contributed by atoms with Crippen molar-refractivity contribution in [3.8, 4) is 11.1 Å². The van der Waals surface area contributed by atoms with E-state index < -0.39 is 18.1 Å². The van der Waals surface area contributed by atoms with Gasteiger partial charge in [0.1, 0.15) is 13.2 Å². The minimum Gasteiger partial charge on any atom is -0.480 e. The van der Waals surface area contributed by atoms with E-state index in [9.17, 15) is 14.4 Å². The van der Waals surface area contributed by atoms with E-state index in [-0.39, 0.29) is 37.3 Å². The third-order valence-electron chi connectivity index (χ3n) is 5.64. The van der Waals surface area contributed by atoms with Gasteiger partial charge >= 0.3 is 12.1 Å². The molecule has 7 heteroatoms. The molecule has 1 atom stereocenters. The van der Waals surface area contributed by atoms with Crippen molar-refractivity contribution in [1.29, 1.82) is 0 Å². The van der Waals surface area contributed by atoms with Gasteiger partial charge in [0.15, 0.2) is 0 Å². The minimum absolute atomic E-state index is 0.00560. The normalized spacial score (nSPS) is 13.3. The highest BCUT2D eigenvalue weighted by Gasteiger charge is 2.30. The zero-order valence-electron chi connectivity index (χ0n) is 18.0. The van der Waals surface area contributed by atoms with Crippen molar-refractivity contribution in [1.82, 2.24) is 10.2 Å². The molecule has 7 nitrogen and oxygen atoms in total. The number of alkyl carbamates (subject to hydrolysis) is 1. The number of carbonyl (C=O) groups excluding carboxylic acids is 2. The fraction of sp³-hybridized carbons (Fsp3) is 0.375. The fourth-order valence-electron chi connectivity index (χ4n) is 3.88. The van der Waals surface area contributed by atoms with Crippen molar-refractivity contribution >= 4 is 18.0 Å². The van der Waals surface area contributed by atoms with Gasteiger partial charge in [-0.15, -0.1) is 0 Å². The van der Waals surface area contributed by atoms with Gasteiger partial charge in [0.2, 0.25) is 5.91 Å². The summed E-state index contributed by atoms with van der Waals surface area (Å²) < 4.78 is 5.56. The van der Waals surface area contributed by atoms with E-state index in [4.69, 9.17) is 9.84 Å². The summed E-state index contributed by atoms with van der Waals surface area (Å²) in [6, 6.07) is 15.7. The first kappa shape index (κ1) is 22.3. The molecule has 31 heavy (non-hydrogen) atoms. The predicted octanol–water partition coefficient (Wildman–Crippen LogP) is 3.48. The lowest BCUT2D eigenvalue weighted by molar-refractivity contribution is -0.143. The molecule has 0 saturated carbocycles. The van der Waals surface area contributed by atoms with Crippen LogP contribution in [0.1, 0.15) is 37.3 Å². The Labute approximate surface area is 182 Å². The summed E-state index contributed by atoms with van der Waals surface area (Å²) in [7, 11) is 1.43. The molecule has 2 aromatic rings. The molecule has 0 spiro atoms. The molecular weight excluding hydrogens is 396 g/mol. The molecule has 0 aliphatic heterocycles. The highest BCUT2D eigenvalue weighted by Crippen LogP contribution is 2.44. The van der Waals surface area contributed by atoms with E-state index in [1.165, 1.54) is 7.05 Å². The SMILES string of the molecule is CC(C)[C@@H](CC(=O)N(C)CC(=O)O)NC(=O)OCC1c2ccccc2-c2ccccc21. The molecule has 0 unspecified atom stereocenters. The van der Waals surface area contributed by atoms with Crippen LogP contribution in [0, 0.1) is 5.92 Å². The number of carbonyl (C=O) groups is 3. The zero-order valence-corrected chi connectivity index (χ0v) is 18.0. The molecule has 0 radical (unpaired) electrons. The molecule has 0 aromatic heterocycles. The quantitative estimate of drug-likeness (QED) is 0.676. The number of carboxylic acid groups (broad SMARTS) is 1. The summed E-state index contributed by atoms with van der Waals surface area (Å²) in [5, 5.41) is 11.6. The number of amides is 2. The van der Waals surface area contributed by atoms with Crippen LogP contribution >= 0.6 is 0 Å². The standard InChI is InChI=1S/C24H28N2O5/c1-15(2)21(12-22(27)26(3)13-23(28)29)25-24(30)31-14-20-18-10-6-4-8-16(18)17-9-5-7-11-19(17)20/h4-11,15,20-21H,12-14H2,1-3H3,(H,25,30)(H,28,29)/t21-/m1/s1. The molecule has 164 valence electrons. The first-order valence-corrected chi connectivity index (χ1v) is 10.3. The van der Waals surface area contributed by atoms with Crippen LogP contribution in [0.25, 0.3) is 11.1 Å². The maximum absolute atomic E-state index is 12.5. The Morgan fingerprint density at radius 1 is 1.03 bits per heavy atom. The average Bonchev–Trinajstić information content (AvgIpc) is 3.05. The number of nitrogens with zero attached hydrogens (tertiary/aromatic N) is 1. The smallest absolute Gasteiger partial charge is 0.407 e. The molecule has 1 aliphatic carbocycles. The van der Waals surface area contributed by atoms with Gasteiger partial charge in [0, 0.05) is 25.4 Å². The van der Waals surface area contributed by atoms with Crippen LogP contribution in [0.3, 0.4) is 0 Å². The predicted molar refractivity (Wildman–Crippen MR) is 117 cm³/mol. The number of benzene rings is 2. The number of ether oxygens (including phenoxy) is 1. The van der Waals surface area contributed by atoms with Gasteiger partial charge in [0.05, 0.1) is 0 Å². The largest absolute Gasteiger partial charge is 0.480 e. The number of hydrogen-bond acceptors (Lipinski definition) is 4. The zero-order chi connectivity index (χ0) is 22.5. The van der Waals surface area contributed by atoms with Gasteiger partial charge in [-0.2, -0.15) is 0 Å². The number of carboxylic acids is 1. The lowest BCUT2D eigenvalue weighted by atomic mass is 9.98. The summed E-state index contributed by atoms with van der Waals surface area (Å²) >= 11 is 0. The summed E-state index contributed by atoms with van der Waals surface area (Å²) in [6.45, 7) is 3.59. The third-order valence-corrected chi connectivity index (χ3v) is 5.64. The Balaban J connectivity index is 1.62. The van der Waals surface area contributed by atoms with Gasteiger partial charge in [0.25, 0.3) is 0 Å². The van der Waals surface area contributed by atoms with E-state index in [1.54, 1.807) is 0 Å². The first-order chi connectivity index (χ1) is 14.8. The third kappa shape index (κ3) is 5.23. The lowest BCUT2D eigenvalue weighted by Gasteiger charge is -2.24. The maximum Gasteiger partial charge on any atom is 0.407 e. The topological polar surface area (TPSA) is 95.9 Å². The Bertz CT molecular complexity index is 926. The van der Waals surface area contributed by atoms with E-state index in [0.717, 1.165) is 27.2 Å². The van der Waals surface area contributed by atoms with Gasteiger partial charge in [-0.3, -0.25) is 9.59 Å². The Kier molecular flexibility index (Phi) is 6.95. The molecular formula is C24H28N2O5. The highest BCUT2D eigenvalue weighted by atomic mass is 16.5. The number of aliphatic carboxylic acids is 1. The van der Waals surface area contributed by atoms with Crippen LogP contribution in [-0.2, 0) is 14.3 Å². The second kappa shape index (κ2) is 9.64. The van der Waals surface area contributed by atoms with Crippen molar-refractivity contribution in [2.45, 2.75) is 32.2 Å². The summed E-state index contributed by atoms with van der Waals surface area (Å²) in [4.78, 5) is 36.8. The van der Waals surface area contributed by atoms with Gasteiger partial charge in [-0.1, -0.05) is 62.4 Å². The van der Waals surface area contributed by atoms with Crippen LogP contribution in [0.15, 0.2) is 48.5 Å². The van der Waals surface area contributed by atoms with E-state index in [2.05, 4.69) is 29.6 Å². The summed E-state index contributed by atoms with van der Waals surface area (Å²) in [5.74, 6) is -1.50. The van der Waals surface area contributed by atoms with E-state index >= 15 is 0 Å². The molecule has 2 aromatic carbocycles. The van der Waals surface area contributed by atoms with Crippen molar-refractivity contribution in [3.05, 3.63) is 59.7 Å². The second-order valence-corrected chi connectivity index (χ2v) is 8.17. The molecule has 0 heterocycles. The molecule has 1 aliphatic rings. The monoisotopic (exact) mass is 424 g/mol. The molecule has 3 rings (SSSR count). The average molecular weight is 424 g/mol. The Hall–Kier alpha value is -3.35.